The van der Waals surface area contributed by atoms with Gasteiger partial charge in [-0.25, -0.2) is 4.98 Å². The second-order valence-corrected chi connectivity index (χ2v) is 8.43. The van der Waals surface area contributed by atoms with Crippen LogP contribution in [0.25, 0.3) is 0 Å². The highest BCUT2D eigenvalue weighted by Gasteiger charge is 2.27. The molecule has 1 fully saturated rings. The lowest BCUT2D eigenvalue weighted by Crippen LogP contribution is -2.37. The minimum atomic E-state index is -0.00391. The van der Waals surface area contributed by atoms with Gasteiger partial charge in [-0.1, -0.05) is 32.1 Å². The van der Waals surface area contributed by atoms with E-state index in [-0.39, 0.29) is 12.0 Å². The summed E-state index contributed by atoms with van der Waals surface area (Å²) < 4.78 is 0. The fraction of sp³-hybridized carbons (Fsp3) is 0.812. The molecular formula is C16H29N3OS. The summed E-state index contributed by atoms with van der Waals surface area (Å²) in [5.74, 6) is 0.801. The summed E-state index contributed by atoms with van der Waals surface area (Å²) in [7, 11) is 4.30. The molecule has 1 saturated heterocycles. The molecule has 1 aliphatic heterocycles. The van der Waals surface area contributed by atoms with Crippen molar-refractivity contribution in [3.8, 4) is 0 Å². The van der Waals surface area contributed by atoms with Crippen molar-refractivity contribution < 1.29 is 5.11 Å². The van der Waals surface area contributed by atoms with E-state index >= 15 is 0 Å². The van der Waals surface area contributed by atoms with Gasteiger partial charge >= 0.3 is 0 Å². The molecule has 0 bridgehead atoms. The summed E-state index contributed by atoms with van der Waals surface area (Å²) in [6.07, 6.45) is 2.47. The third kappa shape index (κ3) is 4.18. The number of hydrogen-bond acceptors (Lipinski definition) is 5. The highest BCUT2D eigenvalue weighted by atomic mass is 32.1. The van der Waals surface area contributed by atoms with Gasteiger partial charge < -0.3 is 14.9 Å². The van der Waals surface area contributed by atoms with Gasteiger partial charge in [0.2, 0.25) is 0 Å². The van der Waals surface area contributed by atoms with E-state index in [0.717, 1.165) is 34.7 Å². The predicted octanol–water partition coefficient (Wildman–Crippen LogP) is 2.71. The number of aromatic nitrogens is 1. The van der Waals surface area contributed by atoms with Crippen molar-refractivity contribution in [1.82, 2.24) is 9.88 Å². The van der Waals surface area contributed by atoms with Crippen LogP contribution in [0.2, 0.25) is 0 Å². The molecule has 1 aliphatic rings. The molecule has 0 unspecified atom stereocenters. The second-order valence-electron chi connectivity index (χ2n) is 7.37. The minimum absolute atomic E-state index is 0.00391. The Bertz CT molecular complexity index is 457. The van der Waals surface area contributed by atoms with Crippen molar-refractivity contribution in [3.05, 3.63) is 10.6 Å². The highest BCUT2D eigenvalue weighted by Crippen LogP contribution is 2.35. The molecule has 21 heavy (non-hydrogen) atoms. The van der Waals surface area contributed by atoms with Gasteiger partial charge in [0.25, 0.3) is 0 Å². The van der Waals surface area contributed by atoms with Crippen LogP contribution in [-0.2, 0) is 12.0 Å². The molecule has 5 heteroatoms. The Morgan fingerprint density at radius 1 is 1.29 bits per heavy atom. The first-order chi connectivity index (χ1) is 9.81. The normalized spacial score (nSPS) is 17.8. The topological polar surface area (TPSA) is 39.6 Å². The first-order valence-corrected chi connectivity index (χ1v) is 8.63. The number of hydrogen-bond donors (Lipinski definition) is 1. The molecule has 0 aliphatic carbocycles. The van der Waals surface area contributed by atoms with Gasteiger partial charge in [0, 0.05) is 25.0 Å². The summed E-state index contributed by atoms with van der Waals surface area (Å²) in [5.41, 5.74) is 1.05. The van der Waals surface area contributed by atoms with Crippen molar-refractivity contribution in [2.75, 3.05) is 38.6 Å². The summed E-state index contributed by atoms with van der Waals surface area (Å²) in [6.45, 7) is 9.93. The van der Waals surface area contributed by atoms with Crippen LogP contribution in [0.3, 0.4) is 0 Å². The smallest absolute Gasteiger partial charge is 0.185 e. The summed E-state index contributed by atoms with van der Waals surface area (Å²) >= 11 is 1.66. The summed E-state index contributed by atoms with van der Waals surface area (Å²) in [4.78, 5) is 10.5. The number of aliphatic hydroxyl groups excluding tert-OH is 1. The average Bonchev–Trinajstić information content (AvgIpc) is 2.83. The third-order valence-electron chi connectivity index (χ3n) is 4.05. The molecule has 1 N–H and O–H groups in total. The van der Waals surface area contributed by atoms with Crippen LogP contribution in [-0.4, -0.2) is 48.7 Å². The van der Waals surface area contributed by atoms with Crippen LogP contribution in [0.1, 0.15) is 44.2 Å². The minimum Gasteiger partial charge on any atom is -0.391 e. The zero-order valence-electron chi connectivity index (χ0n) is 14.0. The van der Waals surface area contributed by atoms with Crippen LogP contribution in [0.15, 0.2) is 0 Å². The predicted molar refractivity (Wildman–Crippen MR) is 90.2 cm³/mol. The van der Waals surface area contributed by atoms with Gasteiger partial charge in [-0.3, -0.25) is 0 Å². The number of aliphatic hydroxyl groups is 1. The molecule has 1 aromatic rings. The lowest BCUT2D eigenvalue weighted by molar-refractivity contribution is 0.282. The second kappa shape index (κ2) is 6.63. The molecule has 0 amide bonds. The third-order valence-corrected chi connectivity index (χ3v) is 5.15. The van der Waals surface area contributed by atoms with Gasteiger partial charge in [0.1, 0.15) is 0 Å². The van der Waals surface area contributed by atoms with Gasteiger partial charge in [-0.2, -0.15) is 0 Å². The quantitative estimate of drug-likeness (QED) is 0.928. The lowest BCUT2D eigenvalue weighted by Gasteiger charge is -2.33. The summed E-state index contributed by atoms with van der Waals surface area (Å²) in [6, 6.07) is 0. The average molecular weight is 311 g/mol. The molecule has 4 nitrogen and oxygen atoms in total. The molecule has 1 aromatic heterocycles. The Kier molecular flexibility index (Phi) is 5.28. The first kappa shape index (κ1) is 16.7. The zero-order valence-corrected chi connectivity index (χ0v) is 14.8. The van der Waals surface area contributed by atoms with E-state index < -0.39 is 0 Å². The maximum Gasteiger partial charge on any atom is 0.185 e. The number of nitrogens with zero attached hydrogens (tertiary/aromatic N) is 3. The molecule has 2 rings (SSSR count). The Labute approximate surface area is 132 Å². The Morgan fingerprint density at radius 3 is 2.33 bits per heavy atom. The van der Waals surface area contributed by atoms with E-state index in [9.17, 15) is 5.11 Å². The maximum atomic E-state index is 9.58. The van der Waals surface area contributed by atoms with E-state index in [4.69, 9.17) is 4.98 Å². The van der Waals surface area contributed by atoms with E-state index in [1.807, 2.05) is 0 Å². The lowest BCUT2D eigenvalue weighted by atomic mass is 9.91. The number of anilines is 1. The number of thiazole rings is 1. The van der Waals surface area contributed by atoms with E-state index in [0.29, 0.717) is 0 Å². The van der Waals surface area contributed by atoms with Crippen molar-refractivity contribution >= 4 is 16.5 Å². The Hall–Kier alpha value is -0.650. The molecule has 2 heterocycles. The fourth-order valence-electron chi connectivity index (χ4n) is 2.99. The van der Waals surface area contributed by atoms with E-state index in [2.05, 4.69) is 44.7 Å². The van der Waals surface area contributed by atoms with Crippen LogP contribution < -0.4 is 4.90 Å². The molecule has 0 aromatic carbocycles. The molecule has 120 valence electrons. The van der Waals surface area contributed by atoms with Gasteiger partial charge in [0.05, 0.1) is 17.2 Å². The fourth-order valence-corrected chi connectivity index (χ4v) is 4.17. The molecule has 0 saturated carbocycles. The standard InChI is InChI=1S/C16H29N3OS/c1-16(2,3)14-13(11-20)21-15(17-14)19-8-6-12(7-9-19)10-18(4)5/h12,20H,6-11H2,1-5H3. The van der Waals surface area contributed by atoms with Crippen molar-refractivity contribution in [3.63, 3.8) is 0 Å². The molecule has 0 spiro atoms. The monoisotopic (exact) mass is 311 g/mol. The Balaban J connectivity index is 2.05. The molecule has 0 radical (unpaired) electrons. The van der Waals surface area contributed by atoms with Gasteiger partial charge in [-0.05, 0) is 32.9 Å². The maximum absolute atomic E-state index is 9.58. The van der Waals surface area contributed by atoms with Crippen molar-refractivity contribution in [2.24, 2.45) is 5.92 Å². The van der Waals surface area contributed by atoms with Crippen LogP contribution in [0.4, 0.5) is 5.13 Å². The number of piperidine rings is 1. The van der Waals surface area contributed by atoms with Gasteiger partial charge in [0.15, 0.2) is 5.13 Å². The van der Waals surface area contributed by atoms with Crippen LogP contribution >= 0.6 is 11.3 Å². The first-order valence-electron chi connectivity index (χ1n) is 7.82. The zero-order chi connectivity index (χ0) is 15.6. The van der Waals surface area contributed by atoms with Gasteiger partial charge in [-0.15, -0.1) is 0 Å². The molecule has 0 atom stereocenters. The summed E-state index contributed by atoms with van der Waals surface area (Å²) in [5, 5.41) is 10.7. The largest absolute Gasteiger partial charge is 0.391 e. The van der Waals surface area contributed by atoms with Crippen LogP contribution in [0.5, 0.6) is 0 Å². The van der Waals surface area contributed by atoms with E-state index in [1.54, 1.807) is 11.3 Å². The SMILES string of the molecule is CN(C)CC1CCN(c2nc(C(C)(C)C)c(CO)s2)CC1. The van der Waals surface area contributed by atoms with Crippen molar-refractivity contribution in [1.29, 1.82) is 0 Å². The van der Waals surface area contributed by atoms with Crippen molar-refractivity contribution in [2.45, 2.75) is 45.6 Å². The van der Waals surface area contributed by atoms with E-state index in [1.165, 1.54) is 19.4 Å². The molecular weight excluding hydrogens is 282 g/mol. The van der Waals surface area contributed by atoms with Crippen LogP contribution in [0, 0.1) is 5.92 Å². The highest BCUT2D eigenvalue weighted by molar-refractivity contribution is 7.15. The Morgan fingerprint density at radius 2 is 1.90 bits per heavy atom. The number of rotatable bonds is 4.